The second-order valence-corrected chi connectivity index (χ2v) is 9.41. The molecule has 2 aromatic carbocycles. The highest BCUT2D eigenvalue weighted by Gasteiger charge is 2.32. The number of ketones is 1. The SMILES string of the molecule is COc1cc(OC)cc(C2=CC(=CC3=C(O)C(=Cc4cc[n+](C)cc4)C3=O)C=C(c3cc(OC)cc(OC)c3)O2)c1. The van der Waals surface area contributed by atoms with Crippen LogP contribution in [0.4, 0.5) is 0 Å². The lowest BCUT2D eigenvalue weighted by Gasteiger charge is -2.22. The minimum atomic E-state index is -0.245. The van der Waals surface area contributed by atoms with Crippen molar-refractivity contribution in [2.24, 2.45) is 7.05 Å². The van der Waals surface area contributed by atoms with Gasteiger partial charge < -0.3 is 28.8 Å². The van der Waals surface area contributed by atoms with Crippen LogP contribution >= 0.6 is 0 Å². The average Bonchev–Trinajstić information content (AvgIpc) is 3.02. The Hall–Kier alpha value is -5.24. The Balaban J connectivity index is 1.60. The molecule has 0 spiro atoms. The van der Waals surface area contributed by atoms with Gasteiger partial charge >= 0.3 is 0 Å². The van der Waals surface area contributed by atoms with Crippen LogP contribution in [0.25, 0.3) is 17.6 Å². The van der Waals surface area contributed by atoms with Gasteiger partial charge in [-0.05, 0) is 59.7 Å². The molecule has 0 amide bonds. The van der Waals surface area contributed by atoms with Crippen LogP contribution in [0.3, 0.4) is 0 Å². The predicted molar refractivity (Wildman–Crippen MR) is 154 cm³/mol. The van der Waals surface area contributed by atoms with E-state index in [1.54, 1.807) is 64.9 Å². The number of hydrogen-bond donors (Lipinski definition) is 1. The number of aromatic nitrogens is 1. The quantitative estimate of drug-likeness (QED) is 0.297. The Bertz CT molecular complexity index is 1560. The Morgan fingerprint density at radius 2 is 1.20 bits per heavy atom. The number of allylic oxidation sites excluding steroid dienone is 6. The van der Waals surface area contributed by atoms with E-state index in [-0.39, 0.29) is 22.7 Å². The van der Waals surface area contributed by atoms with Gasteiger partial charge in [-0.1, -0.05) is 0 Å². The normalized spacial score (nSPS) is 15.5. The number of Topliss-reactive ketones (excluding diaryl/α,β-unsaturated/α-hetero) is 1. The van der Waals surface area contributed by atoms with E-state index < -0.39 is 0 Å². The monoisotopic (exact) mass is 552 g/mol. The molecule has 1 aliphatic heterocycles. The molecule has 8 heteroatoms. The van der Waals surface area contributed by atoms with Crippen molar-refractivity contribution in [3.63, 3.8) is 0 Å². The van der Waals surface area contributed by atoms with E-state index in [1.807, 2.05) is 60.4 Å². The van der Waals surface area contributed by atoms with E-state index in [9.17, 15) is 9.90 Å². The van der Waals surface area contributed by atoms with Crippen molar-refractivity contribution >= 4 is 23.4 Å². The average molecular weight is 553 g/mol. The van der Waals surface area contributed by atoms with E-state index in [0.29, 0.717) is 51.2 Å². The number of methoxy groups -OCH3 is 4. The van der Waals surface area contributed by atoms with Gasteiger partial charge in [0.2, 0.25) is 5.78 Å². The molecule has 0 atom stereocenters. The molecule has 1 N–H and O–H groups in total. The molecule has 2 aliphatic rings. The van der Waals surface area contributed by atoms with Gasteiger partial charge in [-0.2, -0.15) is 0 Å². The van der Waals surface area contributed by atoms with Gasteiger partial charge in [0.05, 0.1) is 39.6 Å². The van der Waals surface area contributed by atoms with Crippen LogP contribution in [-0.4, -0.2) is 39.3 Å². The molecule has 208 valence electrons. The van der Waals surface area contributed by atoms with Crippen molar-refractivity contribution in [1.29, 1.82) is 0 Å². The molecule has 0 fully saturated rings. The van der Waals surface area contributed by atoms with Gasteiger partial charge in [0.15, 0.2) is 12.4 Å². The number of benzene rings is 2. The second-order valence-electron chi connectivity index (χ2n) is 9.41. The number of aliphatic hydroxyl groups excluding tert-OH is 1. The molecule has 1 aromatic heterocycles. The Morgan fingerprint density at radius 3 is 1.61 bits per heavy atom. The fourth-order valence-electron chi connectivity index (χ4n) is 4.44. The summed E-state index contributed by atoms with van der Waals surface area (Å²) in [4.78, 5) is 13.1. The highest BCUT2D eigenvalue weighted by Crippen LogP contribution is 2.39. The smallest absolute Gasteiger partial charge is 0.200 e. The number of aryl methyl sites for hydroxylation is 1. The van der Waals surface area contributed by atoms with Crippen LogP contribution in [0.5, 0.6) is 23.0 Å². The largest absolute Gasteiger partial charge is 0.506 e. The van der Waals surface area contributed by atoms with Crippen LogP contribution in [-0.2, 0) is 16.6 Å². The topological polar surface area (TPSA) is 87.3 Å². The number of aliphatic hydroxyl groups is 1. The van der Waals surface area contributed by atoms with Gasteiger partial charge in [0.25, 0.3) is 0 Å². The van der Waals surface area contributed by atoms with Gasteiger partial charge in [0.1, 0.15) is 47.3 Å². The highest BCUT2D eigenvalue weighted by molar-refractivity contribution is 6.23. The number of nitrogens with zero attached hydrogens (tertiary/aromatic N) is 1. The molecule has 1 aliphatic carbocycles. The third-order valence-electron chi connectivity index (χ3n) is 6.71. The number of carbonyl (C=O) groups excluding carboxylic acids is 1. The molecule has 2 heterocycles. The summed E-state index contributed by atoms with van der Waals surface area (Å²) < 4.78 is 30.1. The van der Waals surface area contributed by atoms with Crippen molar-refractivity contribution in [1.82, 2.24) is 0 Å². The number of hydrogen-bond acceptors (Lipinski definition) is 7. The minimum Gasteiger partial charge on any atom is -0.506 e. The molecule has 3 aromatic rings. The van der Waals surface area contributed by atoms with E-state index in [0.717, 1.165) is 5.56 Å². The van der Waals surface area contributed by atoms with Crippen molar-refractivity contribution < 1.29 is 38.2 Å². The van der Waals surface area contributed by atoms with Crippen LogP contribution in [0.1, 0.15) is 16.7 Å². The fourth-order valence-corrected chi connectivity index (χ4v) is 4.44. The van der Waals surface area contributed by atoms with Crippen molar-refractivity contribution in [3.05, 3.63) is 118 Å². The van der Waals surface area contributed by atoms with E-state index in [1.165, 1.54) is 0 Å². The molecule has 41 heavy (non-hydrogen) atoms. The maximum atomic E-state index is 13.1. The summed E-state index contributed by atoms with van der Waals surface area (Å²) in [6.45, 7) is 0. The molecule has 0 saturated carbocycles. The van der Waals surface area contributed by atoms with Crippen LogP contribution in [0.2, 0.25) is 0 Å². The molecule has 8 nitrogen and oxygen atoms in total. The van der Waals surface area contributed by atoms with E-state index in [2.05, 4.69) is 0 Å². The first-order chi connectivity index (χ1) is 19.8. The summed E-state index contributed by atoms with van der Waals surface area (Å²) in [6, 6.07) is 14.6. The maximum Gasteiger partial charge on any atom is 0.200 e. The highest BCUT2D eigenvalue weighted by atomic mass is 16.5. The number of ether oxygens (including phenoxy) is 5. The van der Waals surface area contributed by atoms with Gasteiger partial charge in [-0.3, -0.25) is 4.79 Å². The third-order valence-corrected chi connectivity index (χ3v) is 6.71. The maximum absolute atomic E-state index is 13.1. The molecular formula is C33H30NO7+. The van der Waals surface area contributed by atoms with Crippen molar-refractivity contribution in [3.8, 4) is 23.0 Å². The molecule has 0 bridgehead atoms. The molecule has 5 rings (SSSR count). The molecule has 0 radical (unpaired) electrons. The predicted octanol–water partition coefficient (Wildman–Crippen LogP) is 5.36. The first-order valence-electron chi connectivity index (χ1n) is 12.8. The Morgan fingerprint density at radius 1 is 0.732 bits per heavy atom. The number of pyridine rings is 1. The molecule has 0 unspecified atom stereocenters. The fraction of sp³-hybridized carbons (Fsp3) is 0.152. The van der Waals surface area contributed by atoms with Crippen LogP contribution in [0.15, 0.2) is 102 Å². The standard InChI is InChI=1S/C33H29NO7/c1-34-8-6-20(7-9-34)10-28-32(35)29(33(28)36)11-21-12-30(22-14-24(37-2)18-25(15-22)38-3)41-31(13-21)23-16-26(39-4)19-27(17-23)40-5/h6-19H,1-5H3/p+1. The van der Waals surface area contributed by atoms with E-state index in [4.69, 9.17) is 23.7 Å². The van der Waals surface area contributed by atoms with Crippen LogP contribution < -0.4 is 23.5 Å². The third kappa shape index (κ3) is 5.72. The lowest BCUT2D eigenvalue weighted by atomic mass is 9.85. The number of rotatable bonds is 8. The van der Waals surface area contributed by atoms with Crippen molar-refractivity contribution in [2.75, 3.05) is 28.4 Å². The first-order valence-corrected chi connectivity index (χ1v) is 12.8. The second kappa shape index (κ2) is 11.5. The summed E-state index contributed by atoms with van der Waals surface area (Å²) in [6.07, 6.45) is 10.7. The zero-order chi connectivity index (χ0) is 29.1. The van der Waals surface area contributed by atoms with E-state index >= 15 is 0 Å². The first kappa shape index (κ1) is 27.3. The lowest BCUT2D eigenvalue weighted by Crippen LogP contribution is -2.26. The molecular weight excluding hydrogens is 522 g/mol. The Kier molecular flexibility index (Phi) is 7.65. The summed E-state index contributed by atoms with van der Waals surface area (Å²) in [5.74, 6) is 3.04. The van der Waals surface area contributed by atoms with Gasteiger partial charge in [0, 0.05) is 35.4 Å². The van der Waals surface area contributed by atoms with Crippen molar-refractivity contribution in [2.45, 2.75) is 0 Å². The Labute approximate surface area is 238 Å². The summed E-state index contributed by atoms with van der Waals surface area (Å²) in [5, 5.41) is 10.8. The summed E-state index contributed by atoms with van der Waals surface area (Å²) in [5.41, 5.74) is 3.34. The zero-order valence-electron chi connectivity index (χ0n) is 23.4. The van der Waals surface area contributed by atoms with Gasteiger partial charge in [-0.15, -0.1) is 0 Å². The zero-order valence-corrected chi connectivity index (χ0v) is 23.4. The minimum absolute atomic E-state index is 0.0572. The van der Waals surface area contributed by atoms with Gasteiger partial charge in [-0.25, -0.2) is 4.57 Å². The molecule has 0 saturated heterocycles. The van der Waals surface area contributed by atoms with Crippen LogP contribution in [0, 0.1) is 0 Å². The number of carbonyl (C=O) groups is 1. The summed E-state index contributed by atoms with van der Waals surface area (Å²) in [7, 11) is 8.21. The summed E-state index contributed by atoms with van der Waals surface area (Å²) >= 11 is 0. The lowest BCUT2D eigenvalue weighted by molar-refractivity contribution is -0.671.